The number of benzene rings is 1. The third kappa shape index (κ3) is 5.18. The van der Waals surface area contributed by atoms with Crippen LogP contribution in [0.1, 0.15) is 28.5 Å². The molecule has 0 bridgehead atoms. The SMILES string of the molecule is CC(=O)Nc1ccc(S(C)(=O)=NC(=O)c2cncc(C#Cc3cncn3C)c2)cc1. The monoisotopic (exact) mass is 421 g/mol. The zero-order valence-corrected chi connectivity index (χ0v) is 17.4. The highest BCUT2D eigenvalue weighted by Crippen LogP contribution is 2.17. The minimum atomic E-state index is -2.98. The summed E-state index contributed by atoms with van der Waals surface area (Å²) in [5.41, 5.74) is 2.00. The molecule has 0 saturated heterocycles. The molecule has 1 N–H and O–H groups in total. The topological polar surface area (TPSA) is 106 Å². The lowest BCUT2D eigenvalue weighted by atomic mass is 10.2. The molecule has 152 valence electrons. The van der Waals surface area contributed by atoms with Crippen molar-refractivity contribution in [1.82, 2.24) is 14.5 Å². The first-order chi connectivity index (χ1) is 14.2. The van der Waals surface area contributed by atoms with E-state index < -0.39 is 15.6 Å². The Morgan fingerprint density at radius 2 is 1.83 bits per heavy atom. The zero-order chi connectivity index (χ0) is 21.7. The van der Waals surface area contributed by atoms with Gasteiger partial charge in [0.15, 0.2) is 0 Å². The van der Waals surface area contributed by atoms with Crippen LogP contribution in [0.25, 0.3) is 0 Å². The molecule has 0 saturated carbocycles. The van der Waals surface area contributed by atoms with Crippen LogP contribution in [0.3, 0.4) is 0 Å². The number of aromatic nitrogens is 3. The Balaban J connectivity index is 1.84. The van der Waals surface area contributed by atoms with Gasteiger partial charge in [0.2, 0.25) is 5.91 Å². The maximum Gasteiger partial charge on any atom is 0.286 e. The van der Waals surface area contributed by atoms with Gasteiger partial charge in [-0.25, -0.2) is 9.19 Å². The Labute approximate surface area is 174 Å². The number of imidazole rings is 1. The highest BCUT2D eigenvalue weighted by atomic mass is 32.2. The maximum absolute atomic E-state index is 13.0. The number of carbonyl (C=O) groups excluding carboxylic acids is 2. The van der Waals surface area contributed by atoms with E-state index in [1.54, 1.807) is 47.4 Å². The third-order valence-corrected chi connectivity index (χ3v) is 5.67. The van der Waals surface area contributed by atoms with Crippen molar-refractivity contribution in [3.8, 4) is 11.8 Å². The smallest absolute Gasteiger partial charge is 0.286 e. The number of hydrogen-bond acceptors (Lipinski definition) is 5. The van der Waals surface area contributed by atoms with E-state index in [4.69, 9.17) is 0 Å². The van der Waals surface area contributed by atoms with E-state index in [2.05, 4.69) is 31.5 Å². The van der Waals surface area contributed by atoms with Crippen LogP contribution in [-0.4, -0.2) is 36.8 Å². The van der Waals surface area contributed by atoms with Gasteiger partial charge in [0.25, 0.3) is 5.91 Å². The van der Waals surface area contributed by atoms with E-state index in [0.717, 1.165) is 5.69 Å². The number of pyridine rings is 1. The van der Waals surface area contributed by atoms with Gasteiger partial charge in [0.1, 0.15) is 5.69 Å². The third-order valence-electron chi connectivity index (χ3n) is 4.01. The van der Waals surface area contributed by atoms with Gasteiger partial charge in [-0.3, -0.25) is 14.6 Å². The van der Waals surface area contributed by atoms with Crippen LogP contribution < -0.4 is 5.32 Å². The second-order valence-electron chi connectivity index (χ2n) is 6.51. The summed E-state index contributed by atoms with van der Waals surface area (Å²) in [5, 5.41) is 2.63. The van der Waals surface area contributed by atoms with Crippen LogP contribution in [0.4, 0.5) is 5.69 Å². The number of carbonyl (C=O) groups is 2. The molecule has 1 unspecified atom stereocenters. The Morgan fingerprint density at radius 1 is 1.10 bits per heavy atom. The van der Waals surface area contributed by atoms with Crippen molar-refractivity contribution in [3.63, 3.8) is 0 Å². The minimum Gasteiger partial charge on any atom is -0.327 e. The molecule has 2 heterocycles. The molecule has 0 aliphatic rings. The first-order valence-electron chi connectivity index (χ1n) is 8.82. The molecule has 3 rings (SSSR count). The summed E-state index contributed by atoms with van der Waals surface area (Å²) >= 11 is 0. The first-order valence-corrected chi connectivity index (χ1v) is 10.7. The lowest BCUT2D eigenvalue weighted by molar-refractivity contribution is -0.114. The number of amides is 2. The molecule has 2 aromatic heterocycles. The molecule has 0 aliphatic carbocycles. The normalized spacial score (nSPS) is 12.2. The summed E-state index contributed by atoms with van der Waals surface area (Å²) in [6.07, 6.45) is 7.55. The summed E-state index contributed by atoms with van der Waals surface area (Å²) in [6, 6.07) is 7.90. The first kappa shape index (κ1) is 21.0. The van der Waals surface area contributed by atoms with Gasteiger partial charge in [0.05, 0.1) is 27.8 Å². The number of nitrogens with one attached hydrogen (secondary N) is 1. The second kappa shape index (κ2) is 8.71. The summed E-state index contributed by atoms with van der Waals surface area (Å²) in [5.74, 6) is 5.02. The number of aryl methyl sites for hydroxylation is 1. The minimum absolute atomic E-state index is 0.191. The highest BCUT2D eigenvalue weighted by Gasteiger charge is 2.12. The molecular formula is C21H19N5O3S. The predicted octanol–water partition coefficient (Wildman–Crippen LogP) is 2.47. The molecular weight excluding hydrogens is 402 g/mol. The van der Waals surface area contributed by atoms with Gasteiger partial charge in [-0.2, -0.15) is 4.36 Å². The van der Waals surface area contributed by atoms with Crippen molar-refractivity contribution in [2.75, 3.05) is 11.6 Å². The summed E-state index contributed by atoms with van der Waals surface area (Å²) < 4.78 is 18.7. The fourth-order valence-corrected chi connectivity index (χ4v) is 3.67. The number of nitrogens with zero attached hydrogens (tertiary/aromatic N) is 4. The fourth-order valence-electron chi connectivity index (χ4n) is 2.50. The maximum atomic E-state index is 13.0. The van der Waals surface area contributed by atoms with Gasteiger partial charge in [-0.1, -0.05) is 5.92 Å². The van der Waals surface area contributed by atoms with E-state index in [1.165, 1.54) is 25.6 Å². The zero-order valence-electron chi connectivity index (χ0n) is 16.6. The molecule has 1 aromatic carbocycles. The van der Waals surface area contributed by atoms with Gasteiger partial charge < -0.3 is 9.88 Å². The molecule has 3 aromatic rings. The summed E-state index contributed by atoms with van der Waals surface area (Å²) in [4.78, 5) is 32.1. The van der Waals surface area contributed by atoms with Crippen molar-refractivity contribution in [2.24, 2.45) is 11.4 Å². The molecule has 9 heteroatoms. The predicted molar refractivity (Wildman–Crippen MR) is 113 cm³/mol. The highest BCUT2D eigenvalue weighted by molar-refractivity contribution is 7.93. The second-order valence-corrected chi connectivity index (χ2v) is 8.77. The van der Waals surface area contributed by atoms with Crippen molar-refractivity contribution in [2.45, 2.75) is 11.8 Å². The average Bonchev–Trinajstić information content (AvgIpc) is 3.11. The molecule has 0 aliphatic heterocycles. The molecule has 2 amide bonds. The molecule has 1 atom stereocenters. The van der Waals surface area contributed by atoms with Crippen LogP contribution in [0.15, 0.2) is 64.5 Å². The number of anilines is 1. The van der Waals surface area contributed by atoms with E-state index >= 15 is 0 Å². The standard InChI is InChI=1S/C21H19N5O3S/c1-15(27)24-18-5-8-20(9-6-18)30(3,29)25-21(28)17-10-16(11-22-12-17)4-7-19-13-23-14-26(19)2/h5-6,8-14H,1-3H3,(H,24,27). The Kier molecular flexibility index (Phi) is 6.09. The van der Waals surface area contributed by atoms with Crippen molar-refractivity contribution < 1.29 is 13.8 Å². The molecule has 0 spiro atoms. The fraction of sp³-hybridized carbons (Fsp3) is 0.143. The van der Waals surface area contributed by atoms with Crippen LogP contribution in [0, 0.1) is 11.8 Å². The van der Waals surface area contributed by atoms with Gasteiger partial charge in [0, 0.05) is 48.8 Å². The van der Waals surface area contributed by atoms with Gasteiger partial charge >= 0.3 is 0 Å². The lowest BCUT2D eigenvalue weighted by Crippen LogP contribution is -2.07. The molecule has 0 fully saturated rings. The molecule has 8 nitrogen and oxygen atoms in total. The van der Waals surface area contributed by atoms with E-state index in [0.29, 0.717) is 16.1 Å². The Hall–Kier alpha value is -3.77. The van der Waals surface area contributed by atoms with E-state index in [9.17, 15) is 13.8 Å². The summed E-state index contributed by atoms with van der Waals surface area (Å²) in [7, 11) is -1.15. The number of hydrogen-bond donors (Lipinski definition) is 1. The van der Waals surface area contributed by atoms with Crippen molar-refractivity contribution in [1.29, 1.82) is 0 Å². The van der Waals surface area contributed by atoms with Crippen molar-refractivity contribution >= 4 is 27.2 Å². The van der Waals surface area contributed by atoms with Gasteiger partial charge in [-0.05, 0) is 36.3 Å². The lowest BCUT2D eigenvalue weighted by Gasteiger charge is -2.06. The average molecular weight is 421 g/mol. The number of rotatable bonds is 3. The Morgan fingerprint density at radius 3 is 2.47 bits per heavy atom. The Bertz CT molecular complexity index is 1290. The van der Waals surface area contributed by atoms with E-state index in [1.807, 2.05) is 7.05 Å². The largest absolute Gasteiger partial charge is 0.327 e. The quantitative estimate of drug-likeness (QED) is 0.654. The summed E-state index contributed by atoms with van der Waals surface area (Å²) in [6.45, 7) is 1.40. The van der Waals surface area contributed by atoms with Gasteiger partial charge in [-0.15, -0.1) is 0 Å². The van der Waals surface area contributed by atoms with E-state index in [-0.39, 0.29) is 11.5 Å². The molecule has 0 radical (unpaired) electrons. The van der Waals surface area contributed by atoms with Crippen LogP contribution in [0.2, 0.25) is 0 Å². The van der Waals surface area contributed by atoms with Crippen LogP contribution >= 0.6 is 0 Å². The molecule has 30 heavy (non-hydrogen) atoms. The van der Waals surface area contributed by atoms with Crippen molar-refractivity contribution in [3.05, 3.63) is 72.1 Å². The van der Waals surface area contributed by atoms with Crippen LogP contribution in [-0.2, 0) is 21.6 Å². The van der Waals surface area contributed by atoms with Crippen LogP contribution in [0.5, 0.6) is 0 Å².